The first-order valence-corrected chi connectivity index (χ1v) is 10.5. The topological polar surface area (TPSA) is 72.3 Å². The van der Waals surface area contributed by atoms with E-state index < -0.39 is 0 Å². The van der Waals surface area contributed by atoms with Crippen molar-refractivity contribution >= 4 is 5.91 Å². The van der Waals surface area contributed by atoms with Crippen molar-refractivity contribution < 1.29 is 9.53 Å². The van der Waals surface area contributed by atoms with Gasteiger partial charge in [0.25, 0.3) is 5.91 Å². The standard InChI is InChI=1S/C20H35N5O2/c1-6-12-24(16-13-17(27-7-2)20(16,4)5)19(26)18-14(3)25(23-22-18)15-8-10-21-11-9-15/h15-17,21H,6-13H2,1-5H3/t16-,17+/m1/s1. The van der Waals surface area contributed by atoms with Gasteiger partial charge in [0.05, 0.1) is 17.8 Å². The summed E-state index contributed by atoms with van der Waals surface area (Å²) in [5.74, 6) is 0.0163. The predicted molar refractivity (Wildman–Crippen MR) is 105 cm³/mol. The summed E-state index contributed by atoms with van der Waals surface area (Å²) in [7, 11) is 0. The van der Waals surface area contributed by atoms with Gasteiger partial charge in [-0.05, 0) is 52.6 Å². The van der Waals surface area contributed by atoms with E-state index in [0.29, 0.717) is 18.3 Å². The smallest absolute Gasteiger partial charge is 0.276 e. The quantitative estimate of drug-likeness (QED) is 0.791. The highest BCUT2D eigenvalue weighted by atomic mass is 16.5. The van der Waals surface area contributed by atoms with Gasteiger partial charge in [-0.25, -0.2) is 4.68 Å². The molecular formula is C20H35N5O2. The fourth-order valence-electron chi connectivity index (χ4n) is 4.59. The Morgan fingerprint density at radius 2 is 2.04 bits per heavy atom. The second-order valence-corrected chi connectivity index (χ2v) is 8.46. The molecule has 1 aliphatic carbocycles. The van der Waals surface area contributed by atoms with Gasteiger partial charge in [-0.15, -0.1) is 5.10 Å². The maximum absolute atomic E-state index is 13.4. The fraction of sp³-hybridized carbons (Fsp3) is 0.850. The van der Waals surface area contributed by atoms with Crippen LogP contribution in [0, 0.1) is 12.3 Å². The zero-order chi connectivity index (χ0) is 19.6. The van der Waals surface area contributed by atoms with Crippen molar-refractivity contribution in [2.75, 3.05) is 26.2 Å². The van der Waals surface area contributed by atoms with Crippen LogP contribution >= 0.6 is 0 Å². The van der Waals surface area contributed by atoms with Gasteiger partial charge < -0.3 is 15.0 Å². The minimum absolute atomic E-state index is 0.0163. The monoisotopic (exact) mass is 377 g/mol. The minimum Gasteiger partial charge on any atom is -0.378 e. The van der Waals surface area contributed by atoms with Crippen LogP contribution in [0.1, 0.15) is 75.6 Å². The van der Waals surface area contributed by atoms with Gasteiger partial charge in [0.1, 0.15) is 0 Å². The van der Waals surface area contributed by atoms with E-state index >= 15 is 0 Å². The van der Waals surface area contributed by atoms with Crippen LogP contribution in [0.25, 0.3) is 0 Å². The van der Waals surface area contributed by atoms with Crippen LogP contribution in [-0.4, -0.2) is 64.2 Å². The van der Waals surface area contributed by atoms with E-state index in [1.807, 2.05) is 23.4 Å². The minimum atomic E-state index is -0.0419. The molecule has 0 spiro atoms. The molecule has 2 aliphatic rings. The predicted octanol–water partition coefficient (Wildman–Crippen LogP) is 2.57. The van der Waals surface area contributed by atoms with E-state index in [9.17, 15) is 4.79 Å². The molecule has 1 saturated heterocycles. The van der Waals surface area contributed by atoms with E-state index in [4.69, 9.17) is 4.74 Å². The molecule has 152 valence electrons. The third-order valence-electron chi connectivity index (χ3n) is 6.38. The van der Waals surface area contributed by atoms with Crippen molar-refractivity contribution in [2.45, 2.75) is 78.5 Å². The zero-order valence-electron chi connectivity index (χ0n) is 17.5. The average Bonchev–Trinajstić information content (AvgIpc) is 3.05. The fourth-order valence-corrected chi connectivity index (χ4v) is 4.59. The Kier molecular flexibility index (Phi) is 6.21. The molecule has 0 radical (unpaired) electrons. The normalized spacial score (nSPS) is 25.2. The summed E-state index contributed by atoms with van der Waals surface area (Å²) in [6.45, 7) is 14.0. The molecule has 0 bridgehead atoms. The highest BCUT2D eigenvalue weighted by molar-refractivity contribution is 5.93. The SMILES string of the molecule is CCCN(C(=O)c1nnn(C2CCNCC2)c1C)[C@@H]1C[C@H](OCC)C1(C)C. The maximum Gasteiger partial charge on any atom is 0.276 e. The summed E-state index contributed by atoms with van der Waals surface area (Å²) in [6, 6.07) is 0.521. The van der Waals surface area contributed by atoms with Gasteiger partial charge in [-0.1, -0.05) is 26.0 Å². The van der Waals surface area contributed by atoms with Crippen LogP contribution in [0.3, 0.4) is 0 Å². The largest absolute Gasteiger partial charge is 0.378 e. The molecular weight excluding hydrogens is 342 g/mol. The number of hydrogen-bond acceptors (Lipinski definition) is 5. The number of aromatic nitrogens is 3. The van der Waals surface area contributed by atoms with Gasteiger partial charge in [0.15, 0.2) is 5.69 Å². The highest BCUT2D eigenvalue weighted by Gasteiger charge is 2.53. The number of nitrogens with one attached hydrogen (secondary N) is 1. The summed E-state index contributed by atoms with van der Waals surface area (Å²) in [4.78, 5) is 15.4. The third-order valence-corrected chi connectivity index (χ3v) is 6.38. The van der Waals surface area contributed by atoms with Gasteiger partial charge in [0.2, 0.25) is 0 Å². The number of ether oxygens (including phenoxy) is 1. The number of nitrogens with zero attached hydrogens (tertiary/aromatic N) is 4. The second kappa shape index (κ2) is 8.27. The van der Waals surface area contributed by atoms with Crippen LogP contribution in [0.4, 0.5) is 0 Å². The van der Waals surface area contributed by atoms with E-state index in [1.165, 1.54) is 0 Å². The molecule has 1 aromatic rings. The molecule has 27 heavy (non-hydrogen) atoms. The molecule has 0 unspecified atom stereocenters. The Bertz CT molecular complexity index is 651. The van der Waals surface area contributed by atoms with Crippen molar-refractivity contribution in [1.29, 1.82) is 0 Å². The molecule has 1 saturated carbocycles. The first kappa shape index (κ1) is 20.3. The molecule has 3 rings (SSSR count). The Balaban J connectivity index is 1.79. The van der Waals surface area contributed by atoms with Crippen LogP contribution in [-0.2, 0) is 4.74 Å². The lowest BCUT2D eigenvalue weighted by molar-refractivity contribution is -0.140. The first-order valence-electron chi connectivity index (χ1n) is 10.5. The lowest BCUT2D eigenvalue weighted by atomic mass is 9.63. The number of amides is 1. The molecule has 0 aromatic carbocycles. The van der Waals surface area contributed by atoms with Gasteiger partial charge in [-0.3, -0.25) is 4.79 Å². The van der Waals surface area contributed by atoms with Crippen LogP contribution in [0.15, 0.2) is 0 Å². The number of hydrogen-bond donors (Lipinski definition) is 1. The maximum atomic E-state index is 13.4. The molecule has 1 N–H and O–H groups in total. The molecule has 1 amide bonds. The van der Waals surface area contributed by atoms with Crippen LogP contribution in [0.5, 0.6) is 0 Å². The molecule has 2 atom stereocenters. The Labute approximate surface area is 162 Å². The summed E-state index contributed by atoms with van der Waals surface area (Å²) in [6.07, 6.45) is 4.10. The first-order chi connectivity index (χ1) is 12.9. The van der Waals surface area contributed by atoms with Crippen molar-refractivity contribution in [1.82, 2.24) is 25.2 Å². The van der Waals surface area contributed by atoms with Crippen molar-refractivity contribution in [3.63, 3.8) is 0 Å². The molecule has 1 aromatic heterocycles. The van der Waals surface area contributed by atoms with Gasteiger partial charge in [-0.2, -0.15) is 0 Å². The van der Waals surface area contributed by atoms with Gasteiger partial charge >= 0.3 is 0 Å². The van der Waals surface area contributed by atoms with Crippen molar-refractivity contribution in [3.8, 4) is 0 Å². The summed E-state index contributed by atoms with van der Waals surface area (Å²) < 4.78 is 7.83. The summed E-state index contributed by atoms with van der Waals surface area (Å²) in [5.41, 5.74) is 1.36. The molecule has 7 nitrogen and oxygen atoms in total. The van der Waals surface area contributed by atoms with Crippen LogP contribution < -0.4 is 5.32 Å². The van der Waals surface area contributed by atoms with E-state index in [1.54, 1.807) is 0 Å². The van der Waals surface area contributed by atoms with E-state index in [2.05, 4.69) is 36.4 Å². The highest BCUT2D eigenvalue weighted by Crippen LogP contribution is 2.46. The van der Waals surface area contributed by atoms with Crippen molar-refractivity contribution in [3.05, 3.63) is 11.4 Å². The Morgan fingerprint density at radius 1 is 1.33 bits per heavy atom. The number of rotatable bonds is 7. The van der Waals surface area contributed by atoms with Crippen molar-refractivity contribution in [2.24, 2.45) is 5.41 Å². The Hall–Kier alpha value is -1.47. The lowest BCUT2D eigenvalue weighted by Gasteiger charge is -2.55. The summed E-state index contributed by atoms with van der Waals surface area (Å²) in [5, 5.41) is 12.0. The van der Waals surface area contributed by atoms with Gasteiger partial charge in [0, 0.05) is 24.6 Å². The molecule has 2 heterocycles. The average molecular weight is 378 g/mol. The lowest BCUT2D eigenvalue weighted by Crippen LogP contribution is -2.63. The van der Waals surface area contributed by atoms with E-state index in [-0.39, 0.29) is 23.5 Å². The number of carbonyl (C=O) groups excluding carboxylic acids is 1. The zero-order valence-corrected chi connectivity index (χ0v) is 17.5. The Morgan fingerprint density at radius 3 is 2.63 bits per heavy atom. The third kappa shape index (κ3) is 3.76. The molecule has 7 heteroatoms. The van der Waals surface area contributed by atoms with E-state index in [0.717, 1.165) is 51.0 Å². The van der Waals surface area contributed by atoms with Crippen LogP contribution in [0.2, 0.25) is 0 Å². The summed E-state index contributed by atoms with van der Waals surface area (Å²) >= 11 is 0. The number of carbonyl (C=O) groups is 1. The second-order valence-electron chi connectivity index (χ2n) is 8.46. The number of piperidine rings is 1. The molecule has 2 fully saturated rings. The molecule has 1 aliphatic heterocycles.